The number of hydrogen-bond donors (Lipinski definition) is 1. The highest BCUT2D eigenvalue weighted by Gasteiger charge is 2.40. The van der Waals surface area contributed by atoms with Crippen LogP contribution in [0.15, 0.2) is 28.8 Å². The number of hydrogen-bond acceptors (Lipinski definition) is 4. The lowest BCUT2D eigenvalue weighted by Gasteiger charge is -2.25. The zero-order valence-electron chi connectivity index (χ0n) is 12.7. The first kappa shape index (κ1) is 14.0. The summed E-state index contributed by atoms with van der Waals surface area (Å²) in [4.78, 5) is 0. The van der Waals surface area contributed by atoms with Crippen molar-refractivity contribution in [2.24, 2.45) is 0 Å². The van der Waals surface area contributed by atoms with Gasteiger partial charge in [-0.2, -0.15) is 0 Å². The van der Waals surface area contributed by atoms with E-state index in [2.05, 4.69) is 12.1 Å². The van der Waals surface area contributed by atoms with E-state index in [9.17, 15) is 0 Å². The standard InChI is InChI=1S/C17H22N2O2/c1-3-17(10-4-5-11-17)15-14(16(18)19-21-15)12-6-8-13(20-2)9-7-12/h6-9H,3-5,10-11H2,1-2H3,(H2,18,19). The largest absolute Gasteiger partial charge is 0.497 e. The third-order valence-corrected chi connectivity index (χ3v) is 4.82. The van der Waals surface area contributed by atoms with Gasteiger partial charge in [0.2, 0.25) is 0 Å². The van der Waals surface area contributed by atoms with Crippen LogP contribution in [0.5, 0.6) is 5.75 Å². The molecule has 1 heterocycles. The molecule has 0 unspecified atom stereocenters. The third kappa shape index (κ3) is 2.28. The van der Waals surface area contributed by atoms with E-state index in [4.69, 9.17) is 15.0 Å². The molecule has 3 rings (SSSR count). The minimum absolute atomic E-state index is 0.0971. The Balaban J connectivity index is 2.07. The number of rotatable bonds is 4. The van der Waals surface area contributed by atoms with E-state index >= 15 is 0 Å². The predicted molar refractivity (Wildman–Crippen MR) is 83.3 cm³/mol. The zero-order valence-corrected chi connectivity index (χ0v) is 12.7. The van der Waals surface area contributed by atoms with Crippen molar-refractivity contribution in [3.05, 3.63) is 30.0 Å². The molecule has 4 heteroatoms. The van der Waals surface area contributed by atoms with Crippen molar-refractivity contribution >= 4 is 5.82 Å². The van der Waals surface area contributed by atoms with E-state index in [1.54, 1.807) is 7.11 Å². The van der Waals surface area contributed by atoms with Gasteiger partial charge in [0.15, 0.2) is 11.6 Å². The maximum absolute atomic E-state index is 6.09. The van der Waals surface area contributed by atoms with Gasteiger partial charge in [-0.3, -0.25) is 0 Å². The SMILES string of the molecule is CCC1(c2onc(N)c2-c2ccc(OC)cc2)CCCC1. The molecule has 112 valence electrons. The average Bonchev–Trinajstić information content (AvgIpc) is 3.15. The van der Waals surface area contributed by atoms with Crippen LogP contribution in [-0.4, -0.2) is 12.3 Å². The highest BCUT2D eigenvalue weighted by atomic mass is 16.5. The molecule has 1 saturated carbocycles. The molecule has 1 aromatic carbocycles. The van der Waals surface area contributed by atoms with Crippen LogP contribution in [-0.2, 0) is 5.41 Å². The number of benzene rings is 1. The summed E-state index contributed by atoms with van der Waals surface area (Å²) in [7, 11) is 1.67. The van der Waals surface area contributed by atoms with E-state index < -0.39 is 0 Å². The second-order valence-corrected chi connectivity index (χ2v) is 5.84. The van der Waals surface area contributed by atoms with Crippen LogP contribution in [0.1, 0.15) is 44.8 Å². The molecule has 0 amide bonds. The van der Waals surface area contributed by atoms with Crippen LogP contribution >= 0.6 is 0 Å². The Hall–Kier alpha value is -1.97. The van der Waals surface area contributed by atoms with Crippen molar-refractivity contribution in [2.45, 2.75) is 44.4 Å². The van der Waals surface area contributed by atoms with Gasteiger partial charge in [0.05, 0.1) is 12.7 Å². The molecule has 1 aromatic heterocycles. The maximum atomic E-state index is 6.09. The van der Waals surface area contributed by atoms with Gasteiger partial charge in [0.25, 0.3) is 0 Å². The Bertz CT molecular complexity index is 610. The molecule has 0 aliphatic heterocycles. The van der Waals surface area contributed by atoms with Gasteiger partial charge in [-0.15, -0.1) is 0 Å². The van der Waals surface area contributed by atoms with Crippen LogP contribution in [0, 0.1) is 0 Å². The summed E-state index contributed by atoms with van der Waals surface area (Å²) in [5.74, 6) is 2.28. The van der Waals surface area contributed by atoms with E-state index in [1.807, 2.05) is 24.3 Å². The van der Waals surface area contributed by atoms with Crippen LogP contribution in [0.3, 0.4) is 0 Å². The monoisotopic (exact) mass is 286 g/mol. The van der Waals surface area contributed by atoms with Crippen LogP contribution in [0.2, 0.25) is 0 Å². The van der Waals surface area contributed by atoms with E-state index in [1.165, 1.54) is 12.8 Å². The van der Waals surface area contributed by atoms with Crippen LogP contribution in [0.25, 0.3) is 11.1 Å². The molecule has 2 N–H and O–H groups in total. The number of ether oxygens (including phenoxy) is 1. The second kappa shape index (κ2) is 5.43. The van der Waals surface area contributed by atoms with Gasteiger partial charge in [-0.25, -0.2) is 0 Å². The first-order chi connectivity index (χ1) is 10.2. The Morgan fingerprint density at radius 3 is 2.48 bits per heavy atom. The van der Waals surface area contributed by atoms with Crippen LogP contribution in [0.4, 0.5) is 5.82 Å². The Morgan fingerprint density at radius 1 is 1.24 bits per heavy atom. The van der Waals surface area contributed by atoms with Gasteiger partial charge in [0, 0.05) is 5.41 Å². The topological polar surface area (TPSA) is 61.3 Å². The fourth-order valence-corrected chi connectivity index (χ4v) is 3.49. The quantitative estimate of drug-likeness (QED) is 0.917. The van der Waals surface area contributed by atoms with Gasteiger partial charge < -0.3 is 15.0 Å². The minimum Gasteiger partial charge on any atom is -0.497 e. The van der Waals surface area contributed by atoms with E-state index in [0.29, 0.717) is 5.82 Å². The first-order valence-corrected chi connectivity index (χ1v) is 7.60. The lowest BCUT2D eigenvalue weighted by atomic mass is 9.78. The molecule has 1 fully saturated rings. The molecule has 1 aliphatic carbocycles. The summed E-state index contributed by atoms with van der Waals surface area (Å²) in [6, 6.07) is 7.92. The highest BCUT2D eigenvalue weighted by Crippen LogP contribution is 2.48. The predicted octanol–water partition coefficient (Wildman–Crippen LogP) is 4.15. The van der Waals surface area contributed by atoms with E-state index in [-0.39, 0.29) is 5.41 Å². The summed E-state index contributed by atoms with van der Waals surface area (Å²) in [5, 5.41) is 4.04. The van der Waals surface area contributed by atoms with E-state index in [0.717, 1.165) is 41.9 Å². The summed E-state index contributed by atoms with van der Waals surface area (Å²) in [6.07, 6.45) is 5.86. The van der Waals surface area contributed by atoms with Gasteiger partial charge in [0.1, 0.15) is 5.75 Å². The molecule has 0 radical (unpaired) electrons. The first-order valence-electron chi connectivity index (χ1n) is 7.60. The Morgan fingerprint density at radius 2 is 1.90 bits per heavy atom. The molecule has 21 heavy (non-hydrogen) atoms. The summed E-state index contributed by atoms with van der Waals surface area (Å²) >= 11 is 0. The third-order valence-electron chi connectivity index (χ3n) is 4.82. The fourth-order valence-electron chi connectivity index (χ4n) is 3.49. The minimum atomic E-state index is 0.0971. The lowest BCUT2D eigenvalue weighted by Crippen LogP contribution is -2.21. The van der Waals surface area contributed by atoms with Crippen molar-refractivity contribution in [2.75, 3.05) is 12.8 Å². The van der Waals surface area contributed by atoms with Crippen molar-refractivity contribution in [3.8, 4) is 16.9 Å². The number of nitrogens with two attached hydrogens (primary N) is 1. The van der Waals surface area contributed by atoms with Gasteiger partial charge in [-0.1, -0.05) is 37.1 Å². The summed E-state index contributed by atoms with van der Waals surface area (Å²) in [6.45, 7) is 2.22. The molecule has 0 spiro atoms. The highest BCUT2D eigenvalue weighted by molar-refractivity contribution is 5.77. The number of anilines is 1. The molecule has 0 atom stereocenters. The molecule has 1 aliphatic rings. The van der Waals surface area contributed by atoms with Crippen molar-refractivity contribution in [3.63, 3.8) is 0 Å². The van der Waals surface area contributed by atoms with Crippen molar-refractivity contribution < 1.29 is 9.26 Å². The van der Waals surface area contributed by atoms with Crippen LogP contribution < -0.4 is 10.5 Å². The summed E-state index contributed by atoms with van der Waals surface area (Å²) in [5.41, 5.74) is 8.19. The molecule has 0 saturated heterocycles. The van der Waals surface area contributed by atoms with Gasteiger partial charge in [-0.05, 0) is 37.0 Å². The van der Waals surface area contributed by atoms with Gasteiger partial charge >= 0.3 is 0 Å². The smallest absolute Gasteiger partial charge is 0.175 e. The molecule has 4 nitrogen and oxygen atoms in total. The Kier molecular flexibility index (Phi) is 3.62. The van der Waals surface area contributed by atoms with Crippen molar-refractivity contribution in [1.29, 1.82) is 0 Å². The number of aromatic nitrogens is 1. The zero-order chi connectivity index (χ0) is 14.9. The summed E-state index contributed by atoms with van der Waals surface area (Å²) < 4.78 is 10.9. The number of methoxy groups -OCH3 is 1. The number of nitrogens with zero attached hydrogens (tertiary/aromatic N) is 1. The Labute approximate surface area is 125 Å². The second-order valence-electron chi connectivity index (χ2n) is 5.84. The molecule has 0 bridgehead atoms. The number of nitrogen functional groups attached to an aromatic ring is 1. The maximum Gasteiger partial charge on any atom is 0.175 e. The normalized spacial score (nSPS) is 17.0. The molecular formula is C17H22N2O2. The molecule has 2 aromatic rings. The average molecular weight is 286 g/mol. The lowest BCUT2D eigenvalue weighted by molar-refractivity contribution is 0.284. The molecular weight excluding hydrogens is 264 g/mol. The fraction of sp³-hybridized carbons (Fsp3) is 0.471. The van der Waals surface area contributed by atoms with Crippen molar-refractivity contribution in [1.82, 2.24) is 5.16 Å².